The van der Waals surface area contributed by atoms with Gasteiger partial charge in [0.15, 0.2) is 0 Å². The molecule has 1 atom stereocenters. The van der Waals surface area contributed by atoms with Gasteiger partial charge in [0.25, 0.3) is 0 Å². The van der Waals surface area contributed by atoms with Gasteiger partial charge in [-0.3, -0.25) is 0 Å². The van der Waals surface area contributed by atoms with Crippen molar-refractivity contribution < 1.29 is 8.94 Å². The molecule has 0 saturated heterocycles. The Bertz CT molecular complexity index is 905. The summed E-state index contributed by atoms with van der Waals surface area (Å²) in [7, 11) is 0. The molecule has 152 valence electrons. The second-order valence-electron chi connectivity index (χ2n) is 7.96. The molecule has 0 amide bonds. The van der Waals surface area contributed by atoms with Crippen LogP contribution in [-0.2, 0) is 16.8 Å². The molecule has 3 rings (SSSR count). The predicted molar refractivity (Wildman–Crippen MR) is 120 cm³/mol. The van der Waals surface area contributed by atoms with E-state index in [0.717, 1.165) is 16.7 Å². The Morgan fingerprint density at radius 1 is 0.897 bits per heavy atom. The van der Waals surface area contributed by atoms with Crippen molar-refractivity contribution in [3.8, 4) is 0 Å². The van der Waals surface area contributed by atoms with Gasteiger partial charge in [0.05, 0.1) is 12.0 Å². The topological polar surface area (TPSA) is 35.1 Å². The molecule has 0 spiro atoms. The van der Waals surface area contributed by atoms with Crippen LogP contribution < -0.4 is 4.72 Å². The third kappa shape index (κ3) is 4.67. The van der Waals surface area contributed by atoms with Gasteiger partial charge in [-0.25, -0.2) is 4.39 Å². The van der Waals surface area contributed by atoms with Crippen molar-refractivity contribution in [3.63, 3.8) is 0 Å². The second-order valence-corrected chi connectivity index (χ2v) is 10.4. The predicted octanol–water partition coefficient (Wildman–Crippen LogP) is 5.87. The highest BCUT2D eigenvalue weighted by Gasteiger charge is 2.40. The molecule has 1 N–H and O–H groups in total. The first-order valence-corrected chi connectivity index (χ1v) is 11.0. The monoisotopic (exact) mass is 429 g/mol. The second kappa shape index (κ2) is 8.88. The highest BCUT2D eigenvalue weighted by Crippen LogP contribution is 2.42. The highest BCUT2D eigenvalue weighted by molar-refractivity contribution is 7.90. The summed E-state index contributed by atoms with van der Waals surface area (Å²) in [6, 6.07) is 24.3. The molecule has 0 heterocycles. The standard InChI is InChI=1S/C24H25ClFNOS/c1-23(2,3)29(28)27-17-24(18-10-6-4-7-11-18,19-12-8-5-9-13-19)21-15-14-20(26)16-22(21)25/h4-16,27H,17H2,1-3H3/t29-/m1/s1. The normalized spacial score (nSPS) is 13.3. The summed E-state index contributed by atoms with van der Waals surface area (Å²) in [5.74, 6) is -0.389. The fourth-order valence-corrected chi connectivity index (χ4v) is 4.56. The Morgan fingerprint density at radius 2 is 1.41 bits per heavy atom. The molecule has 29 heavy (non-hydrogen) atoms. The number of hydrogen-bond donors (Lipinski definition) is 1. The molecule has 5 heteroatoms. The lowest BCUT2D eigenvalue weighted by Gasteiger charge is -2.37. The van der Waals surface area contributed by atoms with E-state index in [0.29, 0.717) is 11.6 Å². The average Bonchev–Trinajstić information content (AvgIpc) is 2.70. The number of halogens is 2. The Hall–Kier alpha value is -1.85. The van der Waals surface area contributed by atoms with E-state index < -0.39 is 21.5 Å². The van der Waals surface area contributed by atoms with E-state index >= 15 is 0 Å². The smallest absolute Gasteiger partial charge is 0.136 e. The first kappa shape index (κ1) is 21.8. The van der Waals surface area contributed by atoms with Crippen molar-refractivity contribution >= 4 is 23.0 Å². The molecule has 0 aliphatic carbocycles. The third-order valence-electron chi connectivity index (χ3n) is 4.95. The SMILES string of the molecule is CC(C)(C)[S@@+]([O-])NCC(c1ccccc1)(c1ccccc1)c1ccc(F)cc1Cl. The van der Waals surface area contributed by atoms with Crippen LogP contribution in [0.4, 0.5) is 4.39 Å². The number of rotatable bonds is 6. The molecule has 0 unspecified atom stereocenters. The zero-order valence-corrected chi connectivity index (χ0v) is 18.4. The van der Waals surface area contributed by atoms with Gasteiger partial charge in [0.2, 0.25) is 0 Å². The third-order valence-corrected chi connectivity index (χ3v) is 6.78. The maximum Gasteiger partial charge on any atom is 0.136 e. The summed E-state index contributed by atoms with van der Waals surface area (Å²) >= 11 is 5.29. The van der Waals surface area contributed by atoms with E-state index in [1.807, 2.05) is 81.4 Å². The molecule has 0 bridgehead atoms. The van der Waals surface area contributed by atoms with Crippen LogP contribution in [0.25, 0.3) is 0 Å². The van der Waals surface area contributed by atoms with Gasteiger partial charge in [0, 0.05) is 16.4 Å². The van der Waals surface area contributed by atoms with Crippen molar-refractivity contribution in [1.29, 1.82) is 0 Å². The first-order valence-electron chi connectivity index (χ1n) is 9.47. The van der Waals surface area contributed by atoms with E-state index in [1.54, 1.807) is 6.07 Å². The van der Waals surface area contributed by atoms with Crippen molar-refractivity contribution in [2.24, 2.45) is 0 Å². The van der Waals surface area contributed by atoms with Crippen LogP contribution >= 0.6 is 11.6 Å². The van der Waals surface area contributed by atoms with Crippen molar-refractivity contribution in [2.75, 3.05) is 6.54 Å². The summed E-state index contributed by atoms with van der Waals surface area (Å²) in [5, 5.41) is 0.334. The lowest BCUT2D eigenvalue weighted by Crippen LogP contribution is -2.47. The average molecular weight is 430 g/mol. The molecule has 0 radical (unpaired) electrons. The quantitative estimate of drug-likeness (QED) is 0.393. The summed E-state index contributed by atoms with van der Waals surface area (Å²) in [6.07, 6.45) is 0. The molecule has 2 nitrogen and oxygen atoms in total. The van der Waals surface area contributed by atoms with E-state index in [-0.39, 0.29) is 5.82 Å². The molecule has 0 aliphatic rings. The van der Waals surface area contributed by atoms with Gasteiger partial charge < -0.3 is 4.55 Å². The van der Waals surface area contributed by atoms with E-state index in [4.69, 9.17) is 11.6 Å². The summed E-state index contributed by atoms with van der Waals surface area (Å²) in [4.78, 5) is 0. The minimum absolute atomic E-state index is 0.334. The van der Waals surface area contributed by atoms with Crippen molar-refractivity contribution in [1.82, 2.24) is 4.72 Å². The van der Waals surface area contributed by atoms with Crippen LogP contribution in [0.3, 0.4) is 0 Å². The molecule has 0 aliphatic heterocycles. The highest BCUT2D eigenvalue weighted by atomic mass is 35.5. The van der Waals surface area contributed by atoms with E-state index in [1.165, 1.54) is 12.1 Å². The van der Waals surface area contributed by atoms with Gasteiger partial charge in [-0.15, -0.1) is 4.72 Å². The fourth-order valence-electron chi connectivity index (χ4n) is 3.45. The number of benzene rings is 3. The van der Waals surface area contributed by atoms with E-state index in [9.17, 15) is 8.94 Å². The summed E-state index contributed by atoms with van der Waals surface area (Å²) in [6.45, 7) is 6.12. The van der Waals surface area contributed by atoms with Crippen molar-refractivity contribution in [2.45, 2.75) is 30.9 Å². The van der Waals surface area contributed by atoms with Crippen LogP contribution in [0.15, 0.2) is 78.9 Å². The Labute approximate surface area is 180 Å². The minimum atomic E-state index is -1.28. The summed E-state index contributed by atoms with van der Waals surface area (Å²) < 4.78 is 29.5. The Morgan fingerprint density at radius 3 is 1.86 bits per heavy atom. The van der Waals surface area contributed by atoms with Crippen LogP contribution in [0.2, 0.25) is 5.02 Å². The molecular formula is C24H25ClFNOS. The van der Waals surface area contributed by atoms with E-state index in [2.05, 4.69) is 4.72 Å². The first-order chi connectivity index (χ1) is 13.7. The van der Waals surface area contributed by atoms with Crippen LogP contribution in [-0.4, -0.2) is 15.8 Å². The van der Waals surface area contributed by atoms with Crippen LogP contribution in [0.5, 0.6) is 0 Å². The van der Waals surface area contributed by atoms with Crippen molar-refractivity contribution in [3.05, 3.63) is 106 Å². The fraction of sp³-hybridized carbons (Fsp3) is 0.250. The van der Waals surface area contributed by atoms with Gasteiger partial charge in [-0.05, 0) is 49.6 Å². The Balaban J connectivity index is 2.25. The largest absolute Gasteiger partial charge is 0.598 e. The summed E-state index contributed by atoms with van der Waals surface area (Å²) in [5.41, 5.74) is 1.99. The molecular weight excluding hydrogens is 405 g/mol. The molecule has 3 aromatic carbocycles. The number of hydrogen-bond acceptors (Lipinski definition) is 2. The van der Waals surface area contributed by atoms with Gasteiger partial charge in [0.1, 0.15) is 10.6 Å². The maximum atomic E-state index is 13.9. The lowest BCUT2D eigenvalue weighted by molar-refractivity contribution is 0.523. The molecule has 0 saturated carbocycles. The van der Waals surface area contributed by atoms with Crippen LogP contribution in [0.1, 0.15) is 37.5 Å². The molecule has 3 aromatic rings. The van der Waals surface area contributed by atoms with Gasteiger partial charge in [-0.1, -0.05) is 78.3 Å². The molecule has 0 aromatic heterocycles. The lowest BCUT2D eigenvalue weighted by atomic mass is 9.69. The number of nitrogens with one attached hydrogen (secondary N) is 1. The zero-order chi connectivity index (χ0) is 21.1. The molecule has 0 fully saturated rings. The zero-order valence-electron chi connectivity index (χ0n) is 16.8. The van der Waals surface area contributed by atoms with Gasteiger partial charge >= 0.3 is 0 Å². The van der Waals surface area contributed by atoms with Crippen LogP contribution in [0, 0.1) is 5.82 Å². The Kier molecular flexibility index (Phi) is 6.69. The van der Waals surface area contributed by atoms with Gasteiger partial charge in [-0.2, -0.15) is 0 Å². The minimum Gasteiger partial charge on any atom is -0.598 e. The maximum absolute atomic E-state index is 13.9.